The highest BCUT2D eigenvalue weighted by Crippen LogP contribution is 2.21. The number of aldehydes is 1. The molecular formula is C10H12N2O. The van der Waals surface area contributed by atoms with Crippen molar-refractivity contribution in [1.82, 2.24) is 0 Å². The van der Waals surface area contributed by atoms with Gasteiger partial charge in [-0.15, -0.1) is 0 Å². The van der Waals surface area contributed by atoms with Crippen LogP contribution in [0.4, 0.5) is 11.4 Å². The largest absolute Gasteiger partial charge is 0.397 e. The molecule has 0 amide bonds. The molecule has 3 nitrogen and oxygen atoms in total. The van der Waals surface area contributed by atoms with Crippen LogP contribution in [0.15, 0.2) is 18.2 Å². The third-order valence-corrected chi connectivity index (χ3v) is 1.81. The first-order chi connectivity index (χ1) is 6.15. The molecule has 1 rings (SSSR count). The molecule has 0 fully saturated rings. The first-order valence-electron chi connectivity index (χ1n) is 3.92. The van der Waals surface area contributed by atoms with Crippen molar-refractivity contribution < 1.29 is 4.79 Å². The fourth-order valence-corrected chi connectivity index (χ4v) is 1.10. The van der Waals surface area contributed by atoms with Gasteiger partial charge in [-0.25, -0.2) is 0 Å². The second-order valence-electron chi connectivity index (χ2n) is 2.84. The Kier molecular flexibility index (Phi) is 2.69. The van der Waals surface area contributed by atoms with Crippen molar-refractivity contribution in [3.8, 4) is 0 Å². The Hall–Kier alpha value is -1.77. The molecule has 0 radical (unpaired) electrons. The van der Waals surface area contributed by atoms with Crippen LogP contribution in [0.1, 0.15) is 11.1 Å². The second kappa shape index (κ2) is 3.76. The molecule has 0 aliphatic heterocycles. The molecule has 0 saturated heterocycles. The fraction of sp³-hybridized carbons (Fsp3) is 0.100. The Morgan fingerprint density at radius 3 is 2.54 bits per heavy atom. The van der Waals surface area contributed by atoms with Gasteiger partial charge in [0, 0.05) is 0 Å². The minimum absolute atomic E-state index is 0.547. The maximum Gasteiger partial charge on any atom is 0.142 e. The zero-order chi connectivity index (χ0) is 9.84. The van der Waals surface area contributed by atoms with E-state index in [0.717, 1.165) is 17.4 Å². The number of benzene rings is 1. The van der Waals surface area contributed by atoms with Crippen molar-refractivity contribution in [3.05, 3.63) is 29.3 Å². The summed E-state index contributed by atoms with van der Waals surface area (Å²) in [6.07, 6.45) is 3.84. The van der Waals surface area contributed by atoms with Crippen molar-refractivity contribution in [2.45, 2.75) is 6.92 Å². The van der Waals surface area contributed by atoms with Crippen LogP contribution in [-0.2, 0) is 4.79 Å². The minimum atomic E-state index is 0.547. The van der Waals surface area contributed by atoms with Crippen LogP contribution >= 0.6 is 0 Å². The van der Waals surface area contributed by atoms with E-state index in [4.69, 9.17) is 11.5 Å². The van der Waals surface area contributed by atoms with Gasteiger partial charge in [-0.3, -0.25) is 4.79 Å². The number of carbonyl (C=O) groups excluding carboxylic acids is 1. The lowest BCUT2D eigenvalue weighted by Gasteiger charge is -2.05. The molecule has 0 unspecified atom stereocenters. The summed E-state index contributed by atoms with van der Waals surface area (Å²) >= 11 is 0. The summed E-state index contributed by atoms with van der Waals surface area (Å²) in [5.41, 5.74) is 14.3. The number of allylic oxidation sites excluding steroid dienone is 1. The van der Waals surface area contributed by atoms with Crippen molar-refractivity contribution >= 4 is 23.7 Å². The van der Waals surface area contributed by atoms with Crippen LogP contribution in [0.5, 0.6) is 0 Å². The van der Waals surface area contributed by atoms with Gasteiger partial charge in [0.1, 0.15) is 6.29 Å². The lowest BCUT2D eigenvalue weighted by molar-refractivity contribution is -0.104. The number of nitrogens with two attached hydrogens (primary N) is 2. The van der Waals surface area contributed by atoms with E-state index in [1.54, 1.807) is 12.1 Å². The van der Waals surface area contributed by atoms with Gasteiger partial charge in [-0.05, 0) is 36.3 Å². The molecule has 1 aromatic rings. The average Bonchev–Trinajstić information content (AvgIpc) is 2.10. The van der Waals surface area contributed by atoms with Gasteiger partial charge in [0.05, 0.1) is 11.4 Å². The normalized spacial score (nSPS) is 10.5. The fourth-order valence-electron chi connectivity index (χ4n) is 1.10. The number of nitrogen functional groups attached to an aromatic ring is 2. The van der Waals surface area contributed by atoms with E-state index in [1.807, 2.05) is 13.0 Å². The molecule has 0 aliphatic rings. The van der Waals surface area contributed by atoms with Crippen molar-refractivity contribution in [2.75, 3.05) is 11.5 Å². The molecule has 1 aromatic carbocycles. The highest BCUT2D eigenvalue weighted by Gasteiger charge is 1.99. The van der Waals surface area contributed by atoms with E-state index in [2.05, 4.69) is 0 Å². The number of hydrogen-bond acceptors (Lipinski definition) is 3. The van der Waals surface area contributed by atoms with E-state index in [9.17, 15) is 4.79 Å². The van der Waals surface area contributed by atoms with Gasteiger partial charge < -0.3 is 11.5 Å². The summed E-state index contributed by atoms with van der Waals surface area (Å²) < 4.78 is 0. The number of carbonyl (C=O) groups is 1. The monoisotopic (exact) mass is 176 g/mol. The van der Waals surface area contributed by atoms with Gasteiger partial charge in [-0.1, -0.05) is 6.08 Å². The third kappa shape index (κ3) is 2.08. The predicted octanol–water partition coefficient (Wildman–Crippen LogP) is 1.37. The quantitative estimate of drug-likeness (QED) is 0.406. The molecule has 68 valence electrons. The molecule has 0 bridgehead atoms. The van der Waals surface area contributed by atoms with Crippen LogP contribution in [-0.4, -0.2) is 6.29 Å². The minimum Gasteiger partial charge on any atom is -0.397 e. The topological polar surface area (TPSA) is 69.1 Å². The number of hydrogen-bond donors (Lipinski definition) is 2. The van der Waals surface area contributed by atoms with Crippen molar-refractivity contribution in [3.63, 3.8) is 0 Å². The van der Waals surface area contributed by atoms with E-state index in [-0.39, 0.29) is 0 Å². The smallest absolute Gasteiger partial charge is 0.142 e. The Morgan fingerprint density at radius 2 is 2.00 bits per heavy atom. The summed E-state index contributed by atoms with van der Waals surface area (Å²) in [5.74, 6) is 0. The average molecular weight is 176 g/mol. The summed E-state index contributed by atoms with van der Waals surface area (Å²) in [6, 6.07) is 3.62. The molecule has 0 heterocycles. The standard InChI is InChI=1S/C10H12N2O/c1-7-5-8(3-2-4-13)6-9(11)10(7)12/h2-6H,11-12H2,1H3. The molecule has 4 N–H and O–H groups in total. The summed E-state index contributed by atoms with van der Waals surface area (Å²) in [7, 11) is 0. The van der Waals surface area contributed by atoms with Gasteiger partial charge in [0.25, 0.3) is 0 Å². The third-order valence-electron chi connectivity index (χ3n) is 1.81. The molecule has 0 saturated carbocycles. The summed E-state index contributed by atoms with van der Waals surface area (Å²) in [6.45, 7) is 1.88. The van der Waals surface area contributed by atoms with Crippen LogP contribution in [0.3, 0.4) is 0 Å². The van der Waals surface area contributed by atoms with Gasteiger partial charge in [-0.2, -0.15) is 0 Å². The number of rotatable bonds is 2. The molecule has 3 heteroatoms. The SMILES string of the molecule is Cc1cc(C=CC=O)cc(N)c1N. The van der Waals surface area contributed by atoms with Crippen LogP contribution in [0.25, 0.3) is 6.08 Å². The van der Waals surface area contributed by atoms with Crippen molar-refractivity contribution in [1.29, 1.82) is 0 Å². The first-order valence-corrected chi connectivity index (χ1v) is 3.92. The lowest BCUT2D eigenvalue weighted by atomic mass is 10.1. The van der Waals surface area contributed by atoms with Gasteiger partial charge in [0.15, 0.2) is 0 Å². The van der Waals surface area contributed by atoms with Crippen LogP contribution < -0.4 is 11.5 Å². The van der Waals surface area contributed by atoms with Crippen LogP contribution in [0.2, 0.25) is 0 Å². The van der Waals surface area contributed by atoms with Crippen LogP contribution in [0, 0.1) is 6.92 Å². The lowest BCUT2D eigenvalue weighted by Crippen LogP contribution is -1.97. The Morgan fingerprint density at radius 1 is 1.31 bits per heavy atom. The number of anilines is 2. The highest BCUT2D eigenvalue weighted by molar-refractivity contribution is 5.77. The van der Waals surface area contributed by atoms with Gasteiger partial charge >= 0.3 is 0 Å². The maximum absolute atomic E-state index is 10.1. The van der Waals surface area contributed by atoms with E-state index < -0.39 is 0 Å². The number of aryl methyl sites for hydroxylation is 1. The zero-order valence-electron chi connectivity index (χ0n) is 7.45. The molecule has 0 atom stereocenters. The van der Waals surface area contributed by atoms with E-state index in [1.165, 1.54) is 6.08 Å². The van der Waals surface area contributed by atoms with Gasteiger partial charge in [0.2, 0.25) is 0 Å². The Labute approximate surface area is 77.0 Å². The highest BCUT2D eigenvalue weighted by atomic mass is 16.1. The molecule has 0 aliphatic carbocycles. The molecule has 13 heavy (non-hydrogen) atoms. The first kappa shape index (κ1) is 9.32. The maximum atomic E-state index is 10.1. The molecule has 0 spiro atoms. The Bertz CT molecular complexity index is 333. The molecular weight excluding hydrogens is 164 g/mol. The second-order valence-corrected chi connectivity index (χ2v) is 2.84. The van der Waals surface area contributed by atoms with Crippen molar-refractivity contribution in [2.24, 2.45) is 0 Å². The van der Waals surface area contributed by atoms with E-state index in [0.29, 0.717) is 11.4 Å². The zero-order valence-corrected chi connectivity index (χ0v) is 7.45. The predicted molar refractivity (Wildman–Crippen MR) is 55.1 cm³/mol. The molecule has 0 aromatic heterocycles. The van der Waals surface area contributed by atoms with E-state index >= 15 is 0 Å². The summed E-state index contributed by atoms with van der Waals surface area (Å²) in [5, 5.41) is 0. The Balaban J connectivity index is 3.12. The summed E-state index contributed by atoms with van der Waals surface area (Å²) in [4.78, 5) is 10.1.